The molecule has 0 aliphatic heterocycles. The average Bonchev–Trinajstić information content (AvgIpc) is 2.82. The van der Waals surface area contributed by atoms with Crippen molar-refractivity contribution in [3.63, 3.8) is 0 Å². The fraction of sp³-hybridized carbons (Fsp3) is 0.533. The first-order valence-electron chi connectivity index (χ1n) is 7.18. The van der Waals surface area contributed by atoms with E-state index in [-0.39, 0.29) is 11.8 Å². The maximum atomic E-state index is 10.5. The number of aromatic nitrogens is 3. The van der Waals surface area contributed by atoms with E-state index in [0.717, 1.165) is 23.4 Å². The molecule has 0 bridgehead atoms. The van der Waals surface area contributed by atoms with Gasteiger partial charge in [-0.1, -0.05) is 20.8 Å². The highest BCUT2D eigenvalue weighted by atomic mass is 16.4. The van der Waals surface area contributed by atoms with Gasteiger partial charge in [-0.15, -0.1) is 0 Å². The molecular formula is C15H22N4O2. The summed E-state index contributed by atoms with van der Waals surface area (Å²) in [7, 11) is 0. The highest BCUT2D eigenvalue weighted by Crippen LogP contribution is 2.24. The van der Waals surface area contributed by atoms with E-state index in [1.54, 1.807) is 6.20 Å². The summed E-state index contributed by atoms with van der Waals surface area (Å²) in [5, 5.41) is 16.4. The molecule has 2 heterocycles. The Kier molecular flexibility index (Phi) is 4.45. The van der Waals surface area contributed by atoms with Gasteiger partial charge in [0.15, 0.2) is 5.82 Å². The monoisotopic (exact) mass is 290 g/mol. The van der Waals surface area contributed by atoms with Crippen molar-refractivity contribution in [1.29, 1.82) is 0 Å². The molecule has 0 saturated heterocycles. The standard InChI is InChI=1S/C15H22N4O2/c1-15(2,3)12-10-11-14(17-8-9-19(11)18-12)16-7-5-4-6-13(20)21/h8-10H,4-7H2,1-3H3,(H,16,17)(H,20,21). The molecule has 2 N–H and O–H groups in total. The summed E-state index contributed by atoms with van der Waals surface area (Å²) in [5.74, 6) is 0.0386. The van der Waals surface area contributed by atoms with Crippen LogP contribution in [0.3, 0.4) is 0 Å². The van der Waals surface area contributed by atoms with Gasteiger partial charge in [-0.3, -0.25) is 4.79 Å². The Morgan fingerprint density at radius 1 is 1.38 bits per heavy atom. The third-order valence-corrected chi connectivity index (χ3v) is 3.27. The minimum atomic E-state index is -0.749. The van der Waals surface area contributed by atoms with Gasteiger partial charge in [0, 0.05) is 30.8 Å². The molecule has 0 amide bonds. The first-order chi connectivity index (χ1) is 9.88. The smallest absolute Gasteiger partial charge is 0.303 e. The first kappa shape index (κ1) is 15.3. The summed E-state index contributed by atoms with van der Waals surface area (Å²) in [6.07, 6.45) is 5.22. The van der Waals surface area contributed by atoms with Gasteiger partial charge < -0.3 is 10.4 Å². The van der Waals surface area contributed by atoms with Crippen LogP contribution < -0.4 is 5.32 Å². The van der Waals surface area contributed by atoms with Crippen molar-refractivity contribution in [2.24, 2.45) is 0 Å². The van der Waals surface area contributed by atoms with Crippen LogP contribution in [0, 0.1) is 0 Å². The predicted octanol–water partition coefficient (Wildman–Crippen LogP) is 2.69. The van der Waals surface area contributed by atoms with Crippen molar-refractivity contribution >= 4 is 17.3 Å². The normalized spacial score (nSPS) is 11.8. The van der Waals surface area contributed by atoms with E-state index < -0.39 is 5.97 Å². The minimum absolute atomic E-state index is 0.00915. The Morgan fingerprint density at radius 3 is 2.81 bits per heavy atom. The Bertz CT molecular complexity index is 628. The Balaban J connectivity index is 2.06. The molecule has 0 unspecified atom stereocenters. The third-order valence-electron chi connectivity index (χ3n) is 3.27. The van der Waals surface area contributed by atoms with Gasteiger partial charge in [-0.2, -0.15) is 5.10 Å². The number of hydrogen-bond donors (Lipinski definition) is 2. The summed E-state index contributed by atoms with van der Waals surface area (Å²) < 4.78 is 1.83. The maximum Gasteiger partial charge on any atom is 0.303 e. The fourth-order valence-electron chi connectivity index (χ4n) is 2.03. The SMILES string of the molecule is CC(C)(C)c1cc2c(NCCCCC(=O)O)nccn2n1. The molecule has 6 nitrogen and oxygen atoms in total. The number of carboxylic acid groups (broad SMARTS) is 1. The van der Waals surface area contributed by atoms with Gasteiger partial charge in [0.05, 0.1) is 5.69 Å². The number of nitrogens with zero attached hydrogens (tertiary/aromatic N) is 3. The number of aliphatic carboxylic acids is 1. The number of rotatable bonds is 6. The van der Waals surface area contributed by atoms with Crippen molar-refractivity contribution in [2.45, 2.75) is 45.4 Å². The van der Waals surface area contributed by atoms with Crippen LogP contribution in [-0.4, -0.2) is 32.2 Å². The van der Waals surface area contributed by atoms with Crippen LogP contribution in [0.25, 0.3) is 5.52 Å². The molecule has 2 rings (SSSR count). The van der Waals surface area contributed by atoms with Crippen molar-refractivity contribution in [2.75, 3.05) is 11.9 Å². The molecular weight excluding hydrogens is 268 g/mol. The van der Waals surface area contributed by atoms with Crippen LogP contribution in [0.5, 0.6) is 0 Å². The maximum absolute atomic E-state index is 10.5. The van der Waals surface area contributed by atoms with Crippen LogP contribution in [0.1, 0.15) is 45.7 Å². The number of anilines is 1. The summed E-state index contributed by atoms with van der Waals surface area (Å²) in [5.41, 5.74) is 1.95. The van der Waals surface area contributed by atoms with E-state index in [2.05, 4.69) is 36.2 Å². The number of nitrogens with one attached hydrogen (secondary N) is 1. The van der Waals surface area contributed by atoms with E-state index in [1.165, 1.54) is 0 Å². The molecule has 0 atom stereocenters. The van der Waals surface area contributed by atoms with Crippen LogP contribution in [0.4, 0.5) is 5.82 Å². The van der Waals surface area contributed by atoms with Crippen molar-refractivity contribution in [1.82, 2.24) is 14.6 Å². The van der Waals surface area contributed by atoms with Gasteiger partial charge in [0.25, 0.3) is 0 Å². The molecule has 0 fully saturated rings. The van der Waals surface area contributed by atoms with Gasteiger partial charge in [0.1, 0.15) is 5.52 Å². The highest BCUT2D eigenvalue weighted by molar-refractivity contribution is 5.68. The second-order valence-corrected chi connectivity index (χ2v) is 6.16. The van der Waals surface area contributed by atoms with Gasteiger partial charge in [-0.25, -0.2) is 9.50 Å². The molecule has 6 heteroatoms. The molecule has 0 aliphatic rings. The summed E-state index contributed by atoms with van der Waals surface area (Å²) in [6.45, 7) is 7.08. The number of fused-ring (bicyclic) bond motifs is 1. The van der Waals surface area contributed by atoms with E-state index >= 15 is 0 Å². The van der Waals surface area contributed by atoms with Crippen molar-refractivity contribution < 1.29 is 9.90 Å². The lowest BCUT2D eigenvalue weighted by atomic mass is 9.92. The first-order valence-corrected chi connectivity index (χ1v) is 7.18. The van der Waals surface area contributed by atoms with Gasteiger partial charge in [0.2, 0.25) is 0 Å². The number of hydrogen-bond acceptors (Lipinski definition) is 4. The number of unbranched alkanes of at least 4 members (excludes halogenated alkanes) is 1. The highest BCUT2D eigenvalue weighted by Gasteiger charge is 2.18. The molecule has 0 aliphatic carbocycles. The third kappa shape index (κ3) is 3.93. The lowest BCUT2D eigenvalue weighted by molar-refractivity contribution is -0.137. The van der Waals surface area contributed by atoms with Gasteiger partial charge in [-0.05, 0) is 18.9 Å². The Hall–Kier alpha value is -2.11. The number of carboxylic acids is 1. The van der Waals surface area contributed by atoms with Crippen molar-refractivity contribution in [3.8, 4) is 0 Å². The molecule has 114 valence electrons. The zero-order valence-electron chi connectivity index (χ0n) is 12.8. The van der Waals surface area contributed by atoms with Crippen molar-refractivity contribution in [3.05, 3.63) is 24.2 Å². The zero-order valence-corrected chi connectivity index (χ0v) is 12.8. The molecule has 2 aromatic rings. The zero-order chi connectivity index (χ0) is 15.5. The predicted molar refractivity (Wildman–Crippen MR) is 81.7 cm³/mol. The molecule has 0 radical (unpaired) electrons. The summed E-state index contributed by atoms with van der Waals surface area (Å²) >= 11 is 0. The quantitative estimate of drug-likeness (QED) is 0.800. The second-order valence-electron chi connectivity index (χ2n) is 6.16. The largest absolute Gasteiger partial charge is 0.481 e. The summed E-state index contributed by atoms with van der Waals surface area (Å²) in [6, 6.07) is 2.05. The number of carbonyl (C=O) groups is 1. The topological polar surface area (TPSA) is 79.5 Å². The average molecular weight is 290 g/mol. The fourth-order valence-corrected chi connectivity index (χ4v) is 2.03. The van der Waals surface area contributed by atoms with Crippen LogP contribution >= 0.6 is 0 Å². The van der Waals surface area contributed by atoms with E-state index in [0.29, 0.717) is 13.0 Å². The van der Waals surface area contributed by atoms with Crippen LogP contribution in [0.15, 0.2) is 18.5 Å². The lowest BCUT2D eigenvalue weighted by Crippen LogP contribution is -2.11. The lowest BCUT2D eigenvalue weighted by Gasteiger charge is -2.13. The van der Waals surface area contributed by atoms with Gasteiger partial charge >= 0.3 is 5.97 Å². The Labute approximate surface area is 124 Å². The molecule has 2 aromatic heterocycles. The second kappa shape index (κ2) is 6.11. The van der Waals surface area contributed by atoms with Crippen LogP contribution in [0.2, 0.25) is 0 Å². The molecule has 0 saturated carbocycles. The Morgan fingerprint density at radius 2 is 2.14 bits per heavy atom. The van der Waals surface area contributed by atoms with E-state index in [9.17, 15) is 4.79 Å². The summed E-state index contributed by atoms with van der Waals surface area (Å²) in [4.78, 5) is 14.8. The van der Waals surface area contributed by atoms with E-state index in [1.807, 2.05) is 16.8 Å². The molecule has 0 spiro atoms. The van der Waals surface area contributed by atoms with E-state index in [4.69, 9.17) is 5.11 Å². The minimum Gasteiger partial charge on any atom is -0.481 e. The molecule has 0 aromatic carbocycles. The molecule has 21 heavy (non-hydrogen) atoms. The van der Waals surface area contributed by atoms with Crippen LogP contribution in [-0.2, 0) is 10.2 Å².